The first-order chi connectivity index (χ1) is 12.2. The minimum Gasteiger partial charge on any atom is -0.493 e. The van der Waals surface area contributed by atoms with Gasteiger partial charge < -0.3 is 24.4 Å². The van der Waals surface area contributed by atoms with Gasteiger partial charge in [-0.3, -0.25) is 5.43 Å². The monoisotopic (exact) mass is 367 g/mol. The number of hydrazone groups is 1. The molecular formula is C17H27N4O3S+. The Kier molecular flexibility index (Phi) is 8.44. The van der Waals surface area contributed by atoms with E-state index in [0.29, 0.717) is 23.2 Å². The quantitative estimate of drug-likeness (QED) is 0.336. The van der Waals surface area contributed by atoms with Crippen molar-refractivity contribution in [3.05, 3.63) is 23.8 Å². The van der Waals surface area contributed by atoms with E-state index in [-0.39, 0.29) is 0 Å². The highest BCUT2D eigenvalue weighted by atomic mass is 32.1. The molecule has 0 aromatic heterocycles. The number of hydrogen-bond donors (Lipinski definition) is 3. The third-order valence-corrected chi connectivity index (χ3v) is 4.07. The van der Waals surface area contributed by atoms with Gasteiger partial charge in [0.25, 0.3) is 0 Å². The minimum absolute atomic E-state index is 0.516. The number of hydrogen-bond acceptors (Lipinski definition) is 5. The number of nitrogens with zero attached hydrogens (tertiary/aromatic N) is 1. The average molecular weight is 367 g/mol. The van der Waals surface area contributed by atoms with Crippen LogP contribution < -0.4 is 25.1 Å². The fourth-order valence-corrected chi connectivity index (χ4v) is 2.66. The van der Waals surface area contributed by atoms with Crippen LogP contribution in [0.3, 0.4) is 0 Å². The van der Waals surface area contributed by atoms with Gasteiger partial charge in [-0.15, -0.1) is 0 Å². The summed E-state index contributed by atoms with van der Waals surface area (Å²) < 4.78 is 16.2. The maximum absolute atomic E-state index is 5.55. The molecule has 1 aliphatic rings. The van der Waals surface area contributed by atoms with Crippen molar-refractivity contribution in [1.82, 2.24) is 10.7 Å². The van der Waals surface area contributed by atoms with Crippen molar-refractivity contribution in [2.45, 2.75) is 6.92 Å². The highest BCUT2D eigenvalue weighted by molar-refractivity contribution is 7.80. The second-order valence-corrected chi connectivity index (χ2v) is 5.99. The number of morpholine rings is 1. The van der Waals surface area contributed by atoms with Crippen molar-refractivity contribution in [2.75, 3.05) is 53.1 Å². The molecule has 0 unspecified atom stereocenters. The zero-order chi connectivity index (χ0) is 17.9. The lowest BCUT2D eigenvalue weighted by atomic mass is 10.2. The summed E-state index contributed by atoms with van der Waals surface area (Å²) >= 11 is 5.23. The number of methoxy groups -OCH3 is 1. The number of thiocarbonyl (C=S) groups is 1. The second kappa shape index (κ2) is 10.9. The Labute approximate surface area is 154 Å². The zero-order valence-electron chi connectivity index (χ0n) is 14.8. The molecule has 8 heteroatoms. The van der Waals surface area contributed by atoms with Crippen LogP contribution in [0.5, 0.6) is 11.5 Å². The predicted molar refractivity (Wildman–Crippen MR) is 102 cm³/mol. The Morgan fingerprint density at radius 3 is 2.88 bits per heavy atom. The first kappa shape index (κ1) is 19.4. The number of benzene rings is 1. The third kappa shape index (κ3) is 6.85. The zero-order valence-corrected chi connectivity index (χ0v) is 15.7. The van der Waals surface area contributed by atoms with Crippen LogP contribution in [0, 0.1) is 0 Å². The van der Waals surface area contributed by atoms with Gasteiger partial charge in [0.05, 0.1) is 46.2 Å². The van der Waals surface area contributed by atoms with Crippen LogP contribution in [-0.4, -0.2) is 64.4 Å². The Morgan fingerprint density at radius 1 is 1.36 bits per heavy atom. The molecule has 1 aliphatic heterocycles. The first-order valence-corrected chi connectivity index (χ1v) is 8.92. The van der Waals surface area contributed by atoms with Crippen molar-refractivity contribution in [3.8, 4) is 11.5 Å². The van der Waals surface area contributed by atoms with E-state index in [9.17, 15) is 0 Å². The van der Waals surface area contributed by atoms with E-state index in [1.165, 1.54) is 4.90 Å². The lowest BCUT2D eigenvalue weighted by Gasteiger charge is -2.23. The van der Waals surface area contributed by atoms with Crippen LogP contribution >= 0.6 is 12.2 Å². The molecule has 1 heterocycles. The fourth-order valence-electron chi connectivity index (χ4n) is 2.51. The summed E-state index contributed by atoms with van der Waals surface area (Å²) in [6, 6.07) is 5.64. The van der Waals surface area contributed by atoms with Crippen LogP contribution in [0.25, 0.3) is 0 Å². The molecule has 1 fully saturated rings. The first-order valence-electron chi connectivity index (χ1n) is 8.52. The Bertz CT molecular complexity index is 577. The number of quaternary nitrogens is 1. The summed E-state index contributed by atoms with van der Waals surface area (Å²) in [7, 11) is 1.62. The molecule has 2 rings (SSSR count). The Balaban J connectivity index is 1.73. The molecule has 3 N–H and O–H groups in total. The van der Waals surface area contributed by atoms with Crippen molar-refractivity contribution in [1.29, 1.82) is 0 Å². The van der Waals surface area contributed by atoms with Crippen molar-refractivity contribution in [3.63, 3.8) is 0 Å². The molecule has 1 aromatic carbocycles. The topological polar surface area (TPSA) is 68.5 Å². The molecule has 0 spiro atoms. The van der Waals surface area contributed by atoms with Crippen LogP contribution in [-0.2, 0) is 4.74 Å². The van der Waals surface area contributed by atoms with E-state index in [1.807, 2.05) is 25.1 Å². The normalized spacial score (nSPS) is 15.1. The molecule has 0 saturated carbocycles. The van der Waals surface area contributed by atoms with Gasteiger partial charge in [-0.25, -0.2) is 0 Å². The summed E-state index contributed by atoms with van der Waals surface area (Å²) in [5, 5.41) is 7.84. The molecule has 0 bridgehead atoms. The molecule has 0 amide bonds. The summed E-state index contributed by atoms with van der Waals surface area (Å²) in [4.78, 5) is 1.53. The molecule has 0 aliphatic carbocycles. The lowest BCUT2D eigenvalue weighted by molar-refractivity contribution is -0.906. The predicted octanol–water partition coefficient (Wildman–Crippen LogP) is -0.193. The van der Waals surface area contributed by atoms with Gasteiger partial charge in [-0.05, 0) is 42.9 Å². The van der Waals surface area contributed by atoms with E-state index in [2.05, 4.69) is 15.8 Å². The summed E-state index contributed by atoms with van der Waals surface area (Å²) in [6.07, 6.45) is 1.70. The van der Waals surface area contributed by atoms with Gasteiger partial charge in [0.1, 0.15) is 13.1 Å². The van der Waals surface area contributed by atoms with Crippen LogP contribution in [0.2, 0.25) is 0 Å². The van der Waals surface area contributed by atoms with E-state index >= 15 is 0 Å². The van der Waals surface area contributed by atoms with Gasteiger partial charge in [-0.1, -0.05) is 0 Å². The molecule has 138 valence electrons. The highest BCUT2D eigenvalue weighted by Crippen LogP contribution is 2.27. The van der Waals surface area contributed by atoms with E-state index in [0.717, 1.165) is 45.0 Å². The van der Waals surface area contributed by atoms with Gasteiger partial charge in [0, 0.05) is 0 Å². The van der Waals surface area contributed by atoms with E-state index in [4.69, 9.17) is 26.4 Å². The van der Waals surface area contributed by atoms with Gasteiger partial charge >= 0.3 is 0 Å². The van der Waals surface area contributed by atoms with Crippen LogP contribution in [0.4, 0.5) is 0 Å². The van der Waals surface area contributed by atoms with Crippen molar-refractivity contribution in [2.24, 2.45) is 5.10 Å². The number of nitrogens with one attached hydrogen (secondary N) is 3. The highest BCUT2D eigenvalue weighted by Gasteiger charge is 2.12. The standard InChI is InChI=1S/C17H26N4O3S/c1-3-24-16-12-14(4-5-15(16)22-2)13-19-20-17(25)18-6-7-21-8-10-23-11-9-21/h4-5,12-13H,3,6-11H2,1-2H3,(H2,18,20,25)/p+1/b19-13-. The Hall–Kier alpha value is -1.90. The summed E-state index contributed by atoms with van der Waals surface area (Å²) in [6.45, 7) is 8.14. The second-order valence-electron chi connectivity index (χ2n) is 5.58. The molecule has 7 nitrogen and oxygen atoms in total. The third-order valence-electron chi connectivity index (χ3n) is 3.83. The molecule has 25 heavy (non-hydrogen) atoms. The van der Waals surface area contributed by atoms with Crippen LogP contribution in [0.15, 0.2) is 23.3 Å². The van der Waals surface area contributed by atoms with Crippen LogP contribution in [0.1, 0.15) is 12.5 Å². The Morgan fingerprint density at radius 2 is 2.16 bits per heavy atom. The van der Waals surface area contributed by atoms with Gasteiger partial charge in [-0.2, -0.15) is 5.10 Å². The summed E-state index contributed by atoms with van der Waals surface area (Å²) in [5.74, 6) is 1.40. The average Bonchev–Trinajstić information content (AvgIpc) is 2.63. The smallest absolute Gasteiger partial charge is 0.187 e. The van der Waals surface area contributed by atoms with Gasteiger partial charge in [0.15, 0.2) is 16.6 Å². The van der Waals surface area contributed by atoms with Crippen molar-refractivity contribution < 1.29 is 19.1 Å². The van der Waals surface area contributed by atoms with E-state index < -0.39 is 0 Å². The maximum Gasteiger partial charge on any atom is 0.187 e. The largest absolute Gasteiger partial charge is 0.493 e. The van der Waals surface area contributed by atoms with Crippen molar-refractivity contribution >= 4 is 23.5 Å². The fraction of sp³-hybridized carbons (Fsp3) is 0.529. The molecule has 0 radical (unpaired) electrons. The molecule has 1 aromatic rings. The van der Waals surface area contributed by atoms with E-state index in [1.54, 1.807) is 13.3 Å². The molecule has 1 saturated heterocycles. The molecule has 0 atom stereocenters. The molecular weight excluding hydrogens is 340 g/mol. The number of ether oxygens (including phenoxy) is 3. The lowest BCUT2D eigenvalue weighted by Crippen LogP contribution is -3.14. The SMILES string of the molecule is CCOc1cc(/C=N\NC(=S)NCC[NH+]2CCOCC2)ccc1OC. The minimum atomic E-state index is 0.516. The van der Waals surface area contributed by atoms with Gasteiger partial charge in [0.2, 0.25) is 0 Å². The summed E-state index contributed by atoms with van der Waals surface area (Å²) in [5.41, 5.74) is 3.73. The number of rotatable bonds is 8. The maximum atomic E-state index is 5.55.